The van der Waals surface area contributed by atoms with E-state index in [4.69, 9.17) is 16.3 Å². The predicted molar refractivity (Wildman–Crippen MR) is 185 cm³/mol. The van der Waals surface area contributed by atoms with Crippen LogP contribution in [0.15, 0.2) is 48.8 Å². The molecule has 1 saturated heterocycles. The first-order valence-corrected chi connectivity index (χ1v) is 17.0. The van der Waals surface area contributed by atoms with Crippen LogP contribution in [0.25, 0.3) is 23.0 Å². The second-order valence-corrected chi connectivity index (χ2v) is 12.7. The molecule has 2 aromatic heterocycles. The number of halogens is 1. The number of ether oxygens (including phenoxy) is 1. The molecule has 1 fully saturated rings. The Labute approximate surface area is 293 Å². The molecule has 2 atom stereocenters. The van der Waals surface area contributed by atoms with Gasteiger partial charge in [-0.05, 0) is 78.4 Å². The van der Waals surface area contributed by atoms with Crippen molar-refractivity contribution in [2.75, 3.05) is 25.5 Å². The normalized spacial score (nSPS) is 17.8. The third-order valence-corrected chi connectivity index (χ3v) is 9.17. The minimum atomic E-state index is -0.558. The van der Waals surface area contributed by atoms with E-state index in [-0.39, 0.29) is 23.9 Å². The van der Waals surface area contributed by atoms with Gasteiger partial charge in [0.25, 0.3) is 0 Å². The van der Waals surface area contributed by atoms with Gasteiger partial charge in [0.05, 0.1) is 31.0 Å². The smallest absolute Gasteiger partial charge is 0.309 e. The number of nitriles is 1. The van der Waals surface area contributed by atoms with Crippen molar-refractivity contribution in [2.24, 2.45) is 0 Å². The van der Waals surface area contributed by atoms with Crippen LogP contribution in [0.2, 0.25) is 5.02 Å². The van der Waals surface area contributed by atoms with Gasteiger partial charge in [0.1, 0.15) is 24.3 Å². The number of nitrogens with zero attached hydrogens (tertiary/aromatic N) is 7. The van der Waals surface area contributed by atoms with E-state index in [2.05, 4.69) is 42.2 Å². The predicted octanol–water partition coefficient (Wildman–Crippen LogP) is 4.53. The minimum Gasteiger partial charge on any atom is -0.469 e. The van der Waals surface area contributed by atoms with Crippen molar-refractivity contribution in [1.82, 2.24) is 40.4 Å². The van der Waals surface area contributed by atoms with E-state index >= 15 is 0 Å². The Bertz CT molecular complexity index is 1930. The van der Waals surface area contributed by atoms with Crippen molar-refractivity contribution in [2.45, 2.75) is 63.5 Å². The number of methoxy groups -OCH3 is 1. The summed E-state index contributed by atoms with van der Waals surface area (Å²) in [5, 5.41) is 28.5. The highest BCUT2D eigenvalue weighted by Crippen LogP contribution is 2.34. The fourth-order valence-electron chi connectivity index (χ4n) is 6.39. The van der Waals surface area contributed by atoms with E-state index in [1.54, 1.807) is 36.4 Å². The average molecular weight is 697 g/mol. The zero-order valence-electron chi connectivity index (χ0n) is 27.6. The number of fused-ring (bicyclic) bond motifs is 4. The lowest BCUT2D eigenvalue weighted by molar-refractivity contribution is -0.139. The summed E-state index contributed by atoms with van der Waals surface area (Å²) in [6.45, 7) is 1.42. The van der Waals surface area contributed by atoms with Gasteiger partial charge in [0.2, 0.25) is 11.8 Å². The zero-order chi connectivity index (χ0) is 35.0. The van der Waals surface area contributed by atoms with Crippen LogP contribution in [0.5, 0.6) is 0 Å². The molecular formula is C35H37ClN10O4. The van der Waals surface area contributed by atoms with Gasteiger partial charge in [-0.1, -0.05) is 36.6 Å². The molecule has 15 heteroatoms. The number of anilines is 1. The number of hydrogen-bond acceptors (Lipinski definition) is 10. The Morgan fingerprint density at radius 3 is 2.68 bits per heavy atom. The highest BCUT2D eigenvalue weighted by atomic mass is 35.5. The van der Waals surface area contributed by atoms with Crippen LogP contribution in [0.1, 0.15) is 73.6 Å². The van der Waals surface area contributed by atoms with Gasteiger partial charge >= 0.3 is 5.97 Å². The number of amides is 2. The van der Waals surface area contributed by atoms with Gasteiger partial charge in [-0.2, -0.15) is 9.94 Å². The van der Waals surface area contributed by atoms with Crippen molar-refractivity contribution in [3.63, 3.8) is 0 Å². The first-order chi connectivity index (χ1) is 24.3. The third-order valence-electron chi connectivity index (χ3n) is 8.93. The standard InChI is InChI=1S/C35H37ClN10O4/c1-50-32(48)18-22-9-12-25-28(17-22)39-27(35(49)45-15-5-2-6-16-45)8-4-3-7-26(34-41-29(20-37)33(25)42-34)40-31(47)14-10-23-19-24(36)11-13-30(23)46-21-38-43-44-46/h9-14,17,19,21,26-27,39H,2-8,15-16,18H2,1H3,(H,40,47)(H,41,42)/b14-10+/t26-,27+/m0/s1. The molecule has 2 amide bonds. The second-order valence-electron chi connectivity index (χ2n) is 12.3. The molecule has 0 saturated carbocycles. The number of aromatic amines is 1. The highest BCUT2D eigenvalue weighted by Gasteiger charge is 2.29. The molecule has 0 radical (unpaired) electrons. The van der Waals surface area contributed by atoms with Crippen molar-refractivity contribution >= 4 is 41.1 Å². The molecule has 6 rings (SSSR count). The fraction of sp³-hybridized carbons (Fsp3) is 0.371. The van der Waals surface area contributed by atoms with Gasteiger partial charge in [-0.3, -0.25) is 14.4 Å². The molecule has 2 bridgehead atoms. The number of H-pyrrole nitrogens is 1. The summed E-state index contributed by atoms with van der Waals surface area (Å²) in [6.07, 6.45) is 9.98. The van der Waals surface area contributed by atoms with E-state index in [0.29, 0.717) is 83.4 Å². The van der Waals surface area contributed by atoms with Crippen LogP contribution in [0.3, 0.4) is 0 Å². The maximum Gasteiger partial charge on any atom is 0.309 e. The van der Waals surface area contributed by atoms with Crippen LogP contribution >= 0.6 is 11.6 Å². The third kappa shape index (κ3) is 8.01. The molecule has 3 N–H and O–H groups in total. The first kappa shape index (κ1) is 34.3. The number of likely N-dealkylation sites (tertiary alicyclic amines) is 1. The molecule has 4 aromatic rings. The molecule has 0 unspecified atom stereocenters. The zero-order valence-corrected chi connectivity index (χ0v) is 28.3. The highest BCUT2D eigenvalue weighted by molar-refractivity contribution is 6.30. The lowest BCUT2D eigenvalue weighted by atomic mass is 9.99. The molecule has 4 heterocycles. The van der Waals surface area contributed by atoms with Crippen LogP contribution in [-0.2, 0) is 25.5 Å². The van der Waals surface area contributed by atoms with Crippen molar-refractivity contribution in [3.05, 3.63) is 76.5 Å². The molecule has 2 aromatic carbocycles. The van der Waals surface area contributed by atoms with Gasteiger partial charge in [-0.25, -0.2) is 4.98 Å². The minimum absolute atomic E-state index is 0.0222. The van der Waals surface area contributed by atoms with E-state index in [0.717, 1.165) is 19.3 Å². The number of benzene rings is 2. The fourth-order valence-corrected chi connectivity index (χ4v) is 6.57. The van der Waals surface area contributed by atoms with Gasteiger partial charge in [-0.15, -0.1) is 5.10 Å². The number of esters is 1. The summed E-state index contributed by atoms with van der Waals surface area (Å²) in [6, 6.07) is 11.7. The van der Waals surface area contributed by atoms with E-state index in [1.165, 1.54) is 24.2 Å². The Morgan fingerprint density at radius 1 is 1.10 bits per heavy atom. The number of hydrogen-bond donors (Lipinski definition) is 3. The summed E-state index contributed by atoms with van der Waals surface area (Å²) in [7, 11) is 1.34. The summed E-state index contributed by atoms with van der Waals surface area (Å²) in [4.78, 5) is 49.3. The molecule has 2 aliphatic rings. The number of aromatic nitrogens is 6. The number of piperidine rings is 1. The number of carbonyl (C=O) groups is 3. The maximum atomic E-state index is 13.9. The van der Waals surface area contributed by atoms with Crippen molar-refractivity contribution in [3.8, 4) is 23.0 Å². The number of tetrazole rings is 1. The van der Waals surface area contributed by atoms with Gasteiger partial charge < -0.3 is 25.3 Å². The second kappa shape index (κ2) is 15.8. The summed E-state index contributed by atoms with van der Waals surface area (Å²) < 4.78 is 6.36. The van der Waals surface area contributed by atoms with Gasteiger partial charge in [0, 0.05) is 41.0 Å². The molecule has 0 spiro atoms. The average Bonchev–Trinajstić information content (AvgIpc) is 3.82. The SMILES string of the molecule is COC(=O)Cc1ccc2c(c1)N[C@@H](C(=O)N1CCCCC1)CCCC[C@H](NC(=O)/C=C/c1cc(Cl)ccc1-n1cnnn1)c1nc(C#N)c-2[nH]1. The van der Waals surface area contributed by atoms with Crippen LogP contribution in [0.4, 0.5) is 5.69 Å². The summed E-state index contributed by atoms with van der Waals surface area (Å²) >= 11 is 6.25. The van der Waals surface area contributed by atoms with Gasteiger partial charge in [0.15, 0.2) is 5.69 Å². The van der Waals surface area contributed by atoms with Crippen molar-refractivity contribution in [1.29, 1.82) is 5.26 Å². The van der Waals surface area contributed by atoms with Crippen LogP contribution in [-0.4, -0.2) is 79.1 Å². The number of nitrogens with one attached hydrogen (secondary N) is 3. The van der Waals surface area contributed by atoms with E-state index < -0.39 is 18.1 Å². The van der Waals surface area contributed by atoms with Crippen LogP contribution in [0, 0.1) is 11.3 Å². The molecular weight excluding hydrogens is 660 g/mol. The Kier molecular flexibility index (Phi) is 10.8. The molecule has 50 heavy (non-hydrogen) atoms. The number of rotatable bonds is 7. The maximum absolute atomic E-state index is 13.9. The Morgan fingerprint density at radius 2 is 1.92 bits per heavy atom. The number of imidazole rings is 1. The molecule has 2 aliphatic heterocycles. The Hall–Kier alpha value is -5.55. The first-order valence-electron chi connectivity index (χ1n) is 16.6. The number of carbonyl (C=O) groups excluding carboxylic acids is 3. The monoisotopic (exact) mass is 696 g/mol. The molecule has 0 aliphatic carbocycles. The molecule has 258 valence electrons. The van der Waals surface area contributed by atoms with Crippen LogP contribution < -0.4 is 10.6 Å². The largest absolute Gasteiger partial charge is 0.469 e. The Balaban J connectivity index is 1.32. The van der Waals surface area contributed by atoms with E-state index in [1.807, 2.05) is 11.0 Å². The molecule has 14 nitrogen and oxygen atoms in total. The van der Waals surface area contributed by atoms with E-state index in [9.17, 15) is 19.6 Å². The quantitative estimate of drug-likeness (QED) is 0.183. The summed E-state index contributed by atoms with van der Waals surface area (Å²) in [5.74, 6) is -0.320. The lowest BCUT2D eigenvalue weighted by Gasteiger charge is -2.32. The van der Waals surface area contributed by atoms with Crippen molar-refractivity contribution < 1.29 is 19.1 Å². The topological polar surface area (TPSA) is 184 Å². The summed E-state index contributed by atoms with van der Waals surface area (Å²) in [5.41, 5.74) is 3.76. The lowest BCUT2D eigenvalue weighted by Crippen LogP contribution is -2.45.